The molecular formula is C14H14N4. The van der Waals surface area contributed by atoms with Crippen molar-refractivity contribution in [1.82, 2.24) is 20.2 Å². The molecule has 0 aliphatic rings. The Labute approximate surface area is 105 Å². The largest absolute Gasteiger partial charge is 0.265 e. The Morgan fingerprint density at radius 3 is 2.83 bits per heavy atom. The van der Waals surface area contributed by atoms with Crippen molar-refractivity contribution in [2.45, 2.75) is 20.3 Å². The van der Waals surface area contributed by atoms with Crippen molar-refractivity contribution in [3.63, 3.8) is 0 Å². The fourth-order valence-corrected chi connectivity index (χ4v) is 2.09. The molecule has 0 bridgehead atoms. The first kappa shape index (κ1) is 10.9. The number of aromatic nitrogens is 4. The van der Waals surface area contributed by atoms with E-state index in [2.05, 4.69) is 51.4 Å². The maximum absolute atomic E-state index is 4.68. The second-order valence-electron chi connectivity index (χ2n) is 4.36. The third-order valence-corrected chi connectivity index (χ3v) is 3.11. The molecule has 0 saturated heterocycles. The maximum atomic E-state index is 4.68. The first-order valence-electron chi connectivity index (χ1n) is 6.04. The quantitative estimate of drug-likeness (QED) is 0.746. The summed E-state index contributed by atoms with van der Waals surface area (Å²) in [6.07, 6.45) is 2.59. The summed E-state index contributed by atoms with van der Waals surface area (Å²) in [5, 5.41) is 7.98. The van der Waals surface area contributed by atoms with Crippen LogP contribution in [-0.2, 0) is 6.42 Å². The lowest BCUT2D eigenvalue weighted by atomic mass is 10.1. The van der Waals surface area contributed by atoms with Crippen LogP contribution in [0.2, 0.25) is 0 Å². The van der Waals surface area contributed by atoms with Gasteiger partial charge >= 0.3 is 0 Å². The molecule has 0 aliphatic heterocycles. The molecule has 1 N–H and O–H groups in total. The van der Waals surface area contributed by atoms with Crippen LogP contribution in [0.5, 0.6) is 0 Å². The molecule has 4 heteroatoms. The van der Waals surface area contributed by atoms with E-state index in [0.29, 0.717) is 5.82 Å². The second-order valence-corrected chi connectivity index (χ2v) is 4.36. The lowest BCUT2D eigenvalue weighted by molar-refractivity contribution is 1.08. The third kappa shape index (κ3) is 1.76. The van der Waals surface area contributed by atoms with E-state index in [1.807, 2.05) is 6.92 Å². The number of pyridine rings is 1. The zero-order chi connectivity index (χ0) is 12.5. The minimum Gasteiger partial charge on any atom is -0.265 e. The molecule has 0 saturated carbocycles. The van der Waals surface area contributed by atoms with Crippen LogP contribution in [0, 0.1) is 6.92 Å². The normalized spacial score (nSPS) is 11.0. The second kappa shape index (κ2) is 4.22. The number of nitrogens with one attached hydrogen (secondary N) is 1. The van der Waals surface area contributed by atoms with E-state index in [1.165, 1.54) is 5.56 Å². The fraction of sp³-hybridized carbons (Fsp3) is 0.214. The molecule has 0 spiro atoms. The van der Waals surface area contributed by atoms with E-state index in [-0.39, 0.29) is 0 Å². The number of rotatable bonds is 2. The van der Waals surface area contributed by atoms with Crippen LogP contribution >= 0.6 is 0 Å². The molecule has 0 radical (unpaired) electrons. The third-order valence-electron chi connectivity index (χ3n) is 3.11. The highest BCUT2D eigenvalue weighted by Gasteiger charge is 2.09. The highest BCUT2D eigenvalue weighted by atomic mass is 15.2. The Morgan fingerprint density at radius 1 is 1.22 bits per heavy atom. The van der Waals surface area contributed by atoms with Crippen LogP contribution in [0.15, 0.2) is 30.6 Å². The van der Waals surface area contributed by atoms with Gasteiger partial charge in [0, 0.05) is 5.39 Å². The number of aryl methyl sites for hydroxylation is 2. The van der Waals surface area contributed by atoms with Gasteiger partial charge in [-0.15, -0.1) is 0 Å². The molecule has 0 unspecified atom stereocenters. The molecule has 2 heterocycles. The minimum absolute atomic E-state index is 0.649. The van der Waals surface area contributed by atoms with Gasteiger partial charge in [-0.25, -0.2) is 9.97 Å². The molecular weight excluding hydrogens is 224 g/mol. The van der Waals surface area contributed by atoms with Crippen molar-refractivity contribution in [2.75, 3.05) is 0 Å². The first-order chi connectivity index (χ1) is 8.78. The minimum atomic E-state index is 0.649. The van der Waals surface area contributed by atoms with Gasteiger partial charge in [0.1, 0.15) is 12.0 Å². The number of aromatic amines is 1. The number of fused-ring (bicyclic) bond motifs is 1. The van der Waals surface area contributed by atoms with Crippen molar-refractivity contribution in [3.05, 3.63) is 41.7 Å². The van der Waals surface area contributed by atoms with E-state index in [1.54, 1.807) is 6.33 Å². The van der Waals surface area contributed by atoms with Crippen molar-refractivity contribution < 1.29 is 0 Å². The van der Waals surface area contributed by atoms with E-state index < -0.39 is 0 Å². The average molecular weight is 238 g/mol. The summed E-state index contributed by atoms with van der Waals surface area (Å²) in [6.45, 7) is 4.18. The molecule has 18 heavy (non-hydrogen) atoms. The molecule has 0 amide bonds. The summed E-state index contributed by atoms with van der Waals surface area (Å²) in [6, 6.07) is 8.53. The summed E-state index contributed by atoms with van der Waals surface area (Å²) >= 11 is 0. The van der Waals surface area contributed by atoms with E-state index in [4.69, 9.17) is 0 Å². The standard InChI is InChI=1S/C14H14N4/c1-3-10-4-5-11-6-9(2)13(17-12(11)7-10)14-15-8-16-18-14/h4-8H,3H2,1-2H3,(H,15,16,18). The predicted octanol–water partition coefficient (Wildman–Crippen LogP) is 2.89. The summed E-state index contributed by atoms with van der Waals surface area (Å²) < 4.78 is 0. The SMILES string of the molecule is CCc1ccc2cc(C)c(-c3nc[nH]n3)nc2c1. The molecule has 0 aliphatic carbocycles. The lowest BCUT2D eigenvalue weighted by Crippen LogP contribution is -1.93. The summed E-state index contributed by atoms with van der Waals surface area (Å²) in [5.41, 5.74) is 4.22. The predicted molar refractivity (Wildman–Crippen MR) is 71.2 cm³/mol. The molecule has 90 valence electrons. The summed E-state index contributed by atoms with van der Waals surface area (Å²) in [4.78, 5) is 8.85. The number of H-pyrrole nitrogens is 1. The van der Waals surface area contributed by atoms with Gasteiger partial charge in [0.05, 0.1) is 5.52 Å². The van der Waals surface area contributed by atoms with Gasteiger partial charge < -0.3 is 0 Å². The fourth-order valence-electron chi connectivity index (χ4n) is 2.09. The molecule has 2 aromatic heterocycles. The van der Waals surface area contributed by atoms with E-state index in [0.717, 1.165) is 28.6 Å². The topological polar surface area (TPSA) is 54.5 Å². The maximum Gasteiger partial charge on any atom is 0.199 e. The average Bonchev–Trinajstić information content (AvgIpc) is 2.91. The molecule has 3 rings (SSSR count). The van der Waals surface area contributed by atoms with Crippen LogP contribution in [-0.4, -0.2) is 20.2 Å². The summed E-state index contributed by atoms with van der Waals surface area (Å²) in [7, 11) is 0. The summed E-state index contributed by atoms with van der Waals surface area (Å²) in [5.74, 6) is 0.649. The molecule has 0 fully saturated rings. The van der Waals surface area contributed by atoms with Crippen LogP contribution in [0.1, 0.15) is 18.1 Å². The van der Waals surface area contributed by atoms with Crippen molar-refractivity contribution in [1.29, 1.82) is 0 Å². The van der Waals surface area contributed by atoms with E-state index in [9.17, 15) is 0 Å². The van der Waals surface area contributed by atoms with Crippen LogP contribution in [0.25, 0.3) is 22.4 Å². The molecule has 4 nitrogen and oxygen atoms in total. The Balaban J connectivity index is 2.24. The molecule has 3 aromatic rings. The van der Waals surface area contributed by atoms with Gasteiger partial charge in [0.15, 0.2) is 5.82 Å². The van der Waals surface area contributed by atoms with Gasteiger partial charge in [-0.05, 0) is 36.6 Å². The molecule has 1 aromatic carbocycles. The number of nitrogens with zero attached hydrogens (tertiary/aromatic N) is 3. The van der Waals surface area contributed by atoms with Crippen molar-refractivity contribution in [3.8, 4) is 11.5 Å². The Morgan fingerprint density at radius 2 is 2.11 bits per heavy atom. The highest BCUT2D eigenvalue weighted by molar-refractivity contribution is 5.82. The zero-order valence-electron chi connectivity index (χ0n) is 10.4. The Hall–Kier alpha value is -2.23. The van der Waals surface area contributed by atoms with Crippen molar-refractivity contribution in [2.24, 2.45) is 0 Å². The van der Waals surface area contributed by atoms with Gasteiger partial charge in [-0.3, -0.25) is 5.10 Å². The monoisotopic (exact) mass is 238 g/mol. The Bertz CT molecular complexity index is 686. The number of hydrogen-bond acceptors (Lipinski definition) is 3. The van der Waals surface area contributed by atoms with Gasteiger partial charge in [0.25, 0.3) is 0 Å². The number of hydrogen-bond donors (Lipinski definition) is 1. The van der Waals surface area contributed by atoms with Crippen molar-refractivity contribution >= 4 is 10.9 Å². The van der Waals surface area contributed by atoms with Crippen LogP contribution in [0.3, 0.4) is 0 Å². The van der Waals surface area contributed by atoms with Crippen LogP contribution < -0.4 is 0 Å². The lowest BCUT2D eigenvalue weighted by Gasteiger charge is -2.05. The Kier molecular flexibility index (Phi) is 2.55. The van der Waals surface area contributed by atoms with Crippen LogP contribution in [0.4, 0.5) is 0 Å². The molecule has 0 atom stereocenters. The number of benzene rings is 1. The first-order valence-corrected chi connectivity index (χ1v) is 6.04. The van der Waals surface area contributed by atoms with E-state index >= 15 is 0 Å². The zero-order valence-corrected chi connectivity index (χ0v) is 10.4. The van der Waals surface area contributed by atoms with Gasteiger partial charge in [0.2, 0.25) is 0 Å². The highest BCUT2D eigenvalue weighted by Crippen LogP contribution is 2.23. The van der Waals surface area contributed by atoms with Gasteiger partial charge in [-0.2, -0.15) is 5.10 Å². The smallest absolute Gasteiger partial charge is 0.199 e. The van der Waals surface area contributed by atoms with Gasteiger partial charge in [-0.1, -0.05) is 19.1 Å².